The summed E-state index contributed by atoms with van der Waals surface area (Å²) in [5, 5.41) is 17.9. The Morgan fingerprint density at radius 1 is 0.229 bits per heavy atom. The third-order valence-corrected chi connectivity index (χ3v) is 32.4. The third-order valence-electron chi connectivity index (χ3n) is 31.2. The van der Waals surface area contributed by atoms with Crippen LogP contribution in [0.2, 0.25) is 0 Å². The van der Waals surface area contributed by atoms with E-state index in [1.807, 2.05) is 11.3 Å². The molecule has 25 aromatic rings. The number of aromatic nitrogens is 3. The number of thiophene rings is 1. The first-order valence-corrected chi connectivity index (χ1v) is 50.4. The van der Waals surface area contributed by atoms with E-state index in [0.29, 0.717) is 5.41 Å². The number of anilines is 9. The predicted octanol–water partition coefficient (Wildman–Crippen LogP) is 37.0. The highest BCUT2D eigenvalue weighted by molar-refractivity contribution is 7.25. The molecule has 4 fully saturated rings. The lowest BCUT2D eigenvalue weighted by molar-refractivity contribution is -0.00518. The highest BCUT2D eigenvalue weighted by Gasteiger charge is 2.52. The zero-order chi connectivity index (χ0) is 92.7. The lowest BCUT2D eigenvalue weighted by Gasteiger charge is -2.57. The van der Waals surface area contributed by atoms with Gasteiger partial charge in [-0.05, 0) is 327 Å². The number of benzene rings is 21. The number of para-hydroxylation sites is 9. The second-order valence-electron chi connectivity index (χ2n) is 39.6. The van der Waals surface area contributed by atoms with Crippen molar-refractivity contribution in [2.75, 3.05) is 14.7 Å². The van der Waals surface area contributed by atoms with Gasteiger partial charge < -0.3 is 28.4 Å². The van der Waals surface area contributed by atoms with Gasteiger partial charge >= 0.3 is 0 Å². The molecule has 30 rings (SSSR count). The van der Waals surface area contributed by atoms with E-state index in [0.717, 1.165) is 46.2 Å². The minimum atomic E-state index is -0.0632. The Labute approximate surface area is 819 Å². The molecule has 0 saturated heterocycles. The van der Waals surface area contributed by atoms with Crippen LogP contribution in [0.5, 0.6) is 0 Å². The SMILES string of the molecule is CC1(C)c2ccccc2-c2ccc(N(c3ccccc3)c3ccc4c(ccc5c4c4ccccc4n5-c4ccccc4)c3)cc21.c1ccc(-n2c3ccccc3c3c4cc(N(c5ccc(C67CC8CC(CC(C8)C6)C7)cc5)c5ccc6sc7ccccc7c6c5)ccc4ccc32)cc1.c1ccc(N(c2ccccc2)c2ccc(-c3cccc4ccc5c(c6ccccc6n5-c5ccccc5)c34)cc2)cc1. The van der Waals surface area contributed by atoms with Crippen LogP contribution in [-0.4, -0.2) is 13.7 Å². The van der Waals surface area contributed by atoms with Crippen molar-refractivity contribution < 1.29 is 0 Å². The number of hydrogen-bond donors (Lipinski definition) is 0. The summed E-state index contributed by atoms with van der Waals surface area (Å²) in [6.07, 6.45) is 8.60. The van der Waals surface area contributed by atoms with Crippen molar-refractivity contribution in [1.29, 1.82) is 0 Å². The summed E-state index contributed by atoms with van der Waals surface area (Å²) in [5.74, 6) is 2.81. The summed E-state index contributed by atoms with van der Waals surface area (Å²) in [5.41, 5.74) is 31.2. The van der Waals surface area contributed by atoms with Gasteiger partial charge in [-0.2, -0.15) is 0 Å². The lowest BCUT2D eigenvalue weighted by atomic mass is 9.48. The van der Waals surface area contributed by atoms with Crippen LogP contribution in [0.25, 0.3) is 157 Å². The first kappa shape index (κ1) is 82.8. The molecule has 4 bridgehead atoms. The van der Waals surface area contributed by atoms with Crippen molar-refractivity contribution in [3.8, 4) is 39.3 Å². The van der Waals surface area contributed by atoms with Crippen molar-refractivity contribution in [1.82, 2.24) is 13.7 Å². The summed E-state index contributed by atoms with van der Waals surface area (Å²) in [6.45, 7) is 4.70. The van der Waals surface area contributed by atoms with Crippen LogP contribution in [0.3, 0.4) is 0 Å². The zero-order valence-electron chi connectivity index (χ0n) is 78.2. The first-order chi connectivity index (χ1) is 69.1. The van der Waals surface area contributed by atoms with Gasteiger partial charge in [-0.15, -0.1) is 11.3 Å². The number of fused-ring (bicyclic) bond motifs is 21. The average molecular weight is 1810 g/mol. The fraction of sp³-hybridized carbons (Fsp3) is 0.0977. The Morgan fingerprint density at radius 3 is 1.17 bits per heavy atom. The predicted molar refractivity (Wildman–Crippen MR) is 595 cm³/mol. The van der Waals surface area contributed by atoms with Gasteiger partial charge in [0, 0.05) is 126 Å². The molecule has 21 aromatic carbocycles. The highest BCUT2D eigenvalue weighted by atomic mass is 32.1. The molecule has 7 heteroatoms. The number of rotatable bonds is 14. The first-order valence-electron chi connectivity index (χ1n) is 49.6. The van der Waals surface area contributed by atoms with E-state index in [-0.39, 0.29) is 5.41 Å². The van der Waals surface area contributed by atoms with Crippen molar-refractivity contribution in [2.45, 2.75) is 63.2 Å². The van der Waals surface area contributed by atoms with Gasteiger partial charge in [0.1, 0.15) is 0 Å². The van der Waals surface area contributed by atoms with Crippen LogP contribution in [0.4, 0.5) is 51.2 Å². The van der Waals surface area contributed by atoms with Gasteiger partial charge in [0.2, 0.25) is 0 Å². The minimum absolute atomic E-state index is 0.0632. The summed E-state index contributed by atoms with van der Waals surface area (Å²) < 4.78 is 9.88. The van der Waals surface area contributed by atoms with E-state index in [9.17, 15) is 0 Å². The van der Waals surface area contributed by atoms with Crippen molar-refractivity contribution >= 4 is 180 Å². The van der Waals surface area contributed by atoms with Crippen LogP contribution >= 0.6 is 11.3 Å². The molecule has 4 aromatic heterocycles. The summed E-state index contributed by atoms with van der Waals surface area (Å²) in [4.78, 5) is 7.21. The largest absolute Gasteiger partial charge is 0.311 e. The monoisotopic (exact) mass is 1810 g/mol. The summed E-state index contributed by atoms with van der Waals surface area (Å²) in [6, 6.07) is 175. The molecule has 0 aliphatic heterocycles. The molecule has 0 unspecified atom stereocenters. The van der Waals surface area contributed by atoms with Crippen molar-refractivity contribution in [3.63, 3.8) is 0 Å². The van der Waals surface area contributed by atoms with Crippen LogP contribution in [0.1, 0.15) is 69.1 Å². The summed E-state index contributed by atoms with van der Waals surface area (Å²) >= 11 is 1.89. The fourth-order valence-electron chi connectivity index (χ4n) is 25.5. The van der Waals surface area contributed by atoms with Gasteiger partial charge in [-0.3, -0.25) is 0 Å². The Kier molecular flexibility index (Phi) is 19.9. The molecule has 0 radical (unpaired) electrons. The molecule has 5 aliphatic rings. The Bertz CT molecular complexity index is 9040. The molecule has 4 saturated carbocycles. The second-order valence-corrected chi connectivity index (χ2v) is 40.7. The maximum Gasteiger partial charge on any atom is 0.0547 e. The standard InChI is InChI=1S/C50H40N2S.C43H32N2.C40H28N2/c1-2-8-37(9-3-1)52-45-12-6-4-11-42(45)49-43-27-39(18-14-35(43)15-22-46(49)52)51(40-21-23-48-44(28-40)41-10-5-7-13-47(41)53-48)38-19-16-36(17-20-38)50-29-32-24-33(30-50)26-34(25-32)31-50;1-43(2)38-19-11-9-17-35(38)36-25-23-33(28-39(36)43)44(30-13-5-3-6-14-30)32-22-24-34-29(27-32)21-26-41-42(34)37-18-10-12-20-40(37)45(41)31-15-7-4-8-16-31;1-4-14-31(15-5-1)41(32-16-6-2-7-17-32)34-26-23-29(24-27-34)35-21-12-13-30-25-28-38-40(39(30)35)36-20-10-11-22-37(36)42(38)33-18-8-3-9-19-33/h1-23,27-28,32-34H,24-26,29-31H2;3-28H,1-2H3;1-28H. The fourth-order valence-corrected chi connectivity index (χ4v) is 26.5. The van der Waals surface area contributed by atoms with Crippen LogP contribution < -0.4 is 14.7 Å². The Morgan fingerprint density at radius 2 is 0.607 bits per heavy atom. The normalized spacial score (nSPS) is 16.1. The molecule has 4 heterocycles. The number of hydrogen-bond acceptors (Lipinski definition) is 4. The third kappa shape index (κ3) is 13.9. The van der Waals surface area contributed by atoms with E-state index >= 15 is 0 Å². The summed E-state index contributed by atoms with van der Waals surface area (Å²) in [7, 11) is 0. The maximum atomic E-state index is 2.50. The van der Waals surface area contributed by atoms with E-state index in [4.69, 9.17) is 0 Å². The Hall–Kier alpha value is -16.6. The van der Waals surface area contributed by atoms with Gasteiger partial charge in [0.25, 0.3) is 0 Å². The van der Waals surface area contributed by atoms with E-state index in [1.54, 1.807) is 5.56 Å². The van der Waals surface area contributed by atoms with Crippen LogP contribution in [-0.2, 0) is 10.8 Å². The molecule has 0 N–H and O–H groups in total. The van der Waals surface area contributed by atoms with Gasteiger partial charge in [-0.25, -0.2) is 0 Å². The van der Waals surface area contributed by atoms with Gasteiger partial charge in [0.05, 0.1) is 33.1 Å². The molecule has 668 valence electrons. The van der Waals surface area contributed by atoms with Crippen molar-refractivity contribution in [3.05, 3.63) is 496 Å². The van der Waals surface area contributed by atoms with Crippen LogP contribution in [0.15, 0.2) is 479 Å². The van der Waals surface area contributed by atoms with E-state index in [2.05, 4.69) is 521 Å². The highest BCUT2D eigenvalue weighted by Crippen LogP contribution is 2.62. The van der Waals surface area contributed by atoms with Gasteiger partial charge in [-0.1, -0.05) is 299 Å². The molecule has 6 nitrogen and oxygen atoms in total. The van der Waals surface area contributed by atoms with Gasteiger partial charge in [0.15, 0.2) is 0 Å². The molecule has 5 aliphatic carbocycles. The number of nitrogens with zero attached hydrogens (tertiary/aromatic N) is 6. The average Bonchev–Trinajstić information content (AvgIpc) is 1.22. The van der Waals surface area contributed by atoms with Crippen molar-refractivity contribution in [2.24, 2.45) is 17.8 Å². The maximum absolute atomic E-state index is 2.50. The molecule has 0 atom stereocenters. The lowest BCUT2D eigenvalue weighted by Crippen LogP contribution is -2.48. The Balaban J connectivity index is 0.000000106. The molecule has 140 heavy (non-hydrogen) atoms. The topological polar surface area (TPSA) is 24.5 Å². The minimum Gasteiger partial charge on any atom is -0.311 e. The quantitative estimate of drug-likeness (QED) is 0.108. The second kappa shape index (κ2) is 33.7. The smallest absolute Gasteiger partial charge is 0.0547 e. The molecule has 0 amide bonds. The molecular formula is C133H100N6S. The van der Waals surface area contributed by atoms with E-state index in [1.165, 1.54) is 230 Å². The molecule has 0 spiro atoms. The molecular weight excluding hydrogens is 1710 g/mol. The zero-order valence-corrected chi connectivity index (χ0v) is 79.0. The van der Waals surface area contributed by atoms with Crippen LogP contribution in [0, 0.1) is 17.8 Å². The van der Waals surface area contributed by atoms with E-state index < -0.39 is 0 Å².